The molecule has 0 bridgehead atoms. The van der Waals surface area contributed by atoms with Crippen molar-refractivity contribution in [2.45, 2.75) is 6.61 Å². The molecule has 2 amide bonds. The number of aromatic nitrogens is 3. The molecule has 6 rings (SSSR count). The summed E-state index contributed by atoms with van der Waals surface area (Å²) in [5.41, 5.74) is 2.52. The molecular formula is C31H26FN5O5S. The first-order chi connectivity index (χ1) is 20.9. The highest BCUT2D eigenvalue weighted by Gasteiger charge is 2.19. The largest absolute Gasteiger partial charge is 0.486 e. The first kappa shape index (κ1) is 28.2. The second-order valence-electron chi connectivity index (χ2n) is 9.86. The molecule has 0 radical (unpaired) electrons. The van der Waals surface area contributed by atoms with Crippen LogP contribution in [0.2, 0.25) is 0 Å². The number of benzene rings is 2. The molecule has 10 nitrogen and oxygen atoms in total. The predicted octanol–water partition coefficient (Wildman–Crippen LogP) is 4.50. The fourth-order valence-electron chi connectivity index (χ4n) is 4.67. The quantitative estimate of drug-likeness (QED) is 0.293. The highest BCUT2D eigenvalue weighted by Crippen LogP contribution is 2.35. The normalized spacial score (nSPS) is 13.2. The van der Waals surface area contributed by atoms with Crippen molar-refractivity contribution in [2.75, 3.05) is 31.6 Å². The molecule has 0 unspecified atom stereocenters. The van der Waals surface area contributed by atoms with Gasteiger partial charge in [-0.05, 0) is 42.0 Å². The van der Waals surface area contributed by atoms with Gasteiger partial charge in [0.05, 0.1) is 23.4 Å². The summed E-state index contributed by atoms with van der Waals surface area (Å²) < 4.78 is 28.2. The molecule has 12 heteroatoms. The third-order valence-electron chi connectivity index (χ3n) is 7.01. The third-order valence-corrected chi connectivity index (χ3v) is 8.26. The minimum Gasteiger partial charge on any atom is -0.486 e. The SMILES string of the molecule is Cn1ccnc(C(=O)Nc2ccc(OCc3ccnc4cc(-c5ccc(C(=O)N6CCOCC6)cc5)sc34)c(F)c2)c1=O. The molecule has 5 aromatic rings. The van der Waals surface area contributed by atoms with Gasteiger partial charge in [-0.2, -0.15) is 0 Å². The van der Waals surface area contributed by atoms with Crippen LogP contribution < -0.4 is 15.6 Å². The van der Waals surface area contributed by atoms with Crippen molar-refractivity contribution in [3.63, 3.8) is 0 Å². The number of nitrogens with zero attached hydrogens (tertiary/aromatic N) is 4. The van der Waals surface area contributed by atoms with E-state index in [1.165, 1.54) is 47.5 Å². The lowest BCUT2D eigenvalue weighted by Crippen LogP contribution is -2.40. The second kappa shape index (κ2) is 12.1. The molecule has 218 valence electrons. The molecule has 3 aromatic heterocycles. The van der Waals surface area contributed by atoms with Gasteiger partial charge in [-0.3, -0.25) is 19.4 Å². The number of pyridine rings is 1. The fourth-order valence-corrected chi connectivity index (χ4v) is 5.79. The van der Waals surface area contributed by atoms with Crippen LogP contribution in [-0.2, 0) is 18.4 Å². The molecule has 1 aliphatic rings. The van der Waals surface area contributed by atoms with Gasteiger partial charge in [0.1, 0.15) is 6.61 Å². The van der Waals surface area contributed by atoms with Crippen molar-refractivity contribution < 1.29 is 23.5 Å². The minimum atomic E-state index is -0.736. The molecule has 0 aliphatic carbocycles. The smallest absolute Gasteiger partial charge is 0.281 e. The lowest BCUT2D eigenvalue weighted by molar-refractivity contribution is 0.0303. The molecule has 4 heterocycles. The molecule has 1 aliphatic heterocycles. The minimum absolute atomic E-state index is 0.00563. The van der Waals surface area contributed by atoms with E-state index in [1.54, 1.807) is 11.1 Å². The maximum Gasteiger partial charge on any atom is 0.281 e. The number of hydrogen-bond acceptors (Lipinski definition) is 8. The van der Waals surface area contributed by atoms with E-state index in [4.69, 9.17) is 9.47 Å². The Hall–Kier alpha value is -4.94. The van der Waals surface area contributed by atoms with Crippen LogP contribution in [-0.4, -0.2) is 57.6 Å². The van der Waals surface area contributed by atoms with Crippen molar-refractivity contribution >= 4 is 39.1 Å². The highest BCUT2D eigenvalue weighted by atomic mass is 32.1. The summed E-state index contributed by atoms with van der Waals surface area (Å²) >= 11 is 1.54. The Morgan fingerprint density at radius 3 is 2.60 bits per heavy atom. The van der Waals surface area contributed by atoms with E-state index >= 15 is 0 Å². The van der Waals surface area contributed by atoms with Gasteiger partial charge in [0.25, 0.3) is 17.4 Å². The summed E-state index contributed by atoms with van der Waals surface area (Å²) in [6, 6.07) is 15.4. The summed E-state index contributed by atoms with van der Waals surface area (Å²) in [7, 11) is 1.51. The Balaban J connectivity index is 1.14. The number of carbonyl (C=O) groups excluding carboxylic acids is 2. The second-order valence-corrected chi connectivity index (χ2v) is 10.9. The summed E-state index contributed by atoms with van der Waals surface area (Å²) in [6.45, 7) is 2.38. The van der Waals surface area contributed by atoms with Crippen LogP contribution in [0.15, 0.2) is 78.0 Å². The standard InChI is InChI=1S/C31H26FN5O5S/c1-36-11-10-34-27(31(36)40)29(38)35-22-6-7-25(23(32)16-22)42-18-21-8-9-33-24-17-26(43-28(21)24)19-2-4-20(5-3-19)30(39)37-12-14-41-15-13-37/h2-11,16-17H,12-15,18H2,1H3,(H,35,38). The highest BCUT2D eigenvalue weighted by molar-refractivity contribution is 7.22. The topological polar surface area (TPSA) is 116 Å². The number of morpholine rings is 1. The Bertz CT molecular complexity index is 1880. The molecule has 43 heavy (non-hydrogen) atoms. The van der Waals surface area contributed by atoms with Crippen molar-refractivity contribution in [1.82, 2.24) is 19.4 Å². The first-order valence-corrected chi connectivity index (χ1v) is 14.3. The summed E-state index contributed by atoms with van der Waals surface area (Å²) in [6.07, 6.45) is 4.46. The van der Waals surface area contributed by atoms with Gasteiger partial charge >= 0.3 is 0 Å². The monoisotopic (exact) mass is 599 g/mol. The lowest BCUT2D eigenvalue weighted by Gasteiger charge is -2.26. The Kier molecular flexibility index (Phi) is 7.95. The van der Waals surface area contributed by atoms with Crippen LogP contribution in [0.1, 0.15) is 26.4 Å². The zero-order valence-electron chi connectivity index (χ0n) is 23.1. The average Bonchev–Trinajstić information content (AvgIpc) is 3.47. The van der Waals surface area contributed by atoms with Gasteiger partial charge in [0, 0.05) is 66.5 Å². The number of hydrogen-bond donors (Lipinski definition) is 1. The zero-order valence-corrected chi connectivity index (χ0v) is 23.9. The lowest BCUT2D eigenvalue weighted by atomic mass is 10.1. The van der Waals surface area contributed by atoms with E-state index in [2.05, 4.69) is 15.3 Å². The van der Waals surface area contributed by atoms with E-state index in [0.717, 1.165) is 32.3 Å². The van der Waals surface area contributed by atoms with E-state index in [1.807, 2.05) is 36.4 Å². The molecule has 1 fully saturated rings. The van der Waals surface area contributed by atoms with Crippen LogP contribution in [0.3, 0.4) is 0 Å². The molecular weight excluding hydrogens is 573 g/mol. The molecule has 0 saturated carbocycles. The number of fused-ring (bicyclic) bond motifs is 1. The molecule has 0 atom stereocenters. The number of amides is 2. The molecule has 1 saturated heterocycles. The third kappa shape index (κ3) is 6.01. The van der Waals surface area contributed by atoms with Gasteiger partial charge in [0.15, 0.2) is 17.3 Å². The van der Waals surface area contributed by atoms with Gasteiger partial charge in [0.2, 0.25) is 0 Å². The van der Waals surface area contributed by atoms with Crippen LogP contribution in [0.5, 0.6) is 5.75 Å². The number of nitrogens with one attached hydrogen (secondary N) is 1. The van der Waals surface area contributed by atoms with E-state index in [-0.39, 0.29) is 29.6 Å². The summed E-state index contributed by atoms with van der Waals surface area (Å²) in [5, 5.41) is 2.49. The number of ether oxygens (including phenoxy) is 2. The van der Waals surface area contributed by atoms with Gasteiger partial charge in [-0.25, -0.2) is 9.37 Å². The van der Waals surface area contributed by atoms with E-state index in [0.29, 0.717) is 31.9 Å². The number of anilines is 1. The maximum atomic E-state index is 14.9. The number of halogens is 1. The number of rotatable bonds is 7. The Labute approximate surface area is 249 Å². The summed E-state index contributed by atoms with van der Waals surface area (Å²) in [4.78, 5) is 48.5. The number of aryl methyl sites for hydroxylation is 1. The molecule has 2 aromatic carbocycles. The number of carbonyl (C=O) groups is 2. The average molecular weight is 600 g/mol. The Morgan fingerprint density at radius 2 is 1.84 bits per heavy atom. The Morgan fingerprint density at radius 1 is 1.05 bits per heavy atom. The van der Waals surface area contributed by atoms with Crippen molar-refractivity contribution in [3.8, 4) is 16.2 Å². The first-order valence-electron chi connectivity index (χ1n) is 13.5. The van der Waals surface area contributed by atoms with Crippen LogP contribution in [0.25, 0.3) is 20.7 Å². The predicted molar refractivity (Wildman–Crippen MR) is 160 cm³/mol. The van der Waals surface area contributed by atoms with Gasteiger partial charge in [-0.1, -0.05) is 12.1 Å². The van der Waals surface area contributed by atoms with Crippen molar-refractivity contribution in [1.29, 1.82) is 0 Å². The zero-order chi connectivity index (χ0) is 29.9. The number of thiophene rings is 1. The van der Waals surface area contributed by atoms with Gasteiger partial charge < -0.3 is 24.3 Å². The van der Waals surface area contributed by atoms with Gasteiger partial charge in [-0.15, -0.1) is 11.3 Å². The van der Waals surface area contributed by atoms with Crippen molar-refractivity contribution in [2.24, 2.45) is 7.05 Å². The molecule has 0 spiro atoms. The fraction of sp³-hybridized carbons (Fsp3) is 0.194. The van der Waals surface area contributed by atoms with E-state index in [9.17, 15) is 18.8 Å². The van der Waals surface area contributed by atoms with Crippen LogP contribution in [0.4, 0.5) is 10.1 Å². The van der Waals surface area contributed by atoms with Crippen molar-refractivity contribution in [3.05, 3.63) is 106 Å². The summed E-state index contributed by atoms with van der Waals surface area (Å²) in [5.74, 6) is -1.40. The van der Waals surface area contributed by atoms with Crippen LogP contribution >= 0.6 is 11.3 Å². The van der Waals surface area contributed by atoms with E-state index < -0.39 is 17.3 Å². The maximum absolute atomic E-state index is 14.9. The van der Waals surface area contributed by atoms with Crippen LogP contribution in [0, 0.1) is 5.82 Å². The molecule has 1 N–H and O–H groups in total.